The normalized spacial score (nSPS) is 10.3. The number of benzene rings is 12. The van der Waals surface area contributed by atoms with Crippen LogP contribution < -0.4 is 0 Å². The molecule has 573 valence electrons. The van der Waals surface area contributed by atoms with Crippen LogP contribution >= 0.6 is 0 Å². The van der Waals surface area contributed by atoms with E-state index in [0.717, 1.165) is 88.0 Å². The Balaban J connectivity index is 0.000000362. The average molecular weight is 2780 g/mol. The van der Waals surface area contributed by atoms with Crippen LogP contribution in [0.3, 0.4) is 0 Å². The number of rotatable bonds is 2. The molecule has 0 saturated heterocycles. The van der Waals surface area contributed by atoms with E-state index in [4.69, 9.17) is 9.97 Å². The summed E-state index contributed by atoms with van der Waals surface area (Å²) in [5.74, 6) is 0.752. The zero-order valence-corrected chi connectivity index (χ0v) is 90.1. The fourth-order valence-electron chi connectivity index (χ4n) is 14.6. The van der Waals surface area contributed by atoms with E-state index >= 15 is 0 Å². The van der Waals surface area contributed by atoms with Crippen molar-refractivity contribution in [2.75, 3.05) is 0 Å². The Labute approximate surface area is 869 Å². The van der Waals surface area contributed by atoms with Crippen molar-refractivity contribution in [1.82, 2.24) is 46.9 Å². The number of para-hydroxylation sites is 6. The van der Waals surface area contributed by atoms with Gasteiger partial charge in [0.05, 0.1) is 50.3 Å². The number of aromatic nitrogens is 10. The van der Waals surface area contributed by atoms with Crippen molar-refractivity contribution in [2.24, 2.45) is 0 Å². The molecule has 115 heavy (non-hydrogen) atoms. The van der Waals surface area contributed by atoms with Gasteiger partial charge in [-0.1, -0.05) is 163 Å². The monoisotopic (exact) mass is 2780 g/mol. The Morgan fingerprint density at radius 3 is 1.03 bits per heavy atom. The van der Waals surface area contributed by atoms with E-state index < -0.39 is 0 Å². The van der Waals surface area contributed by atoms with E-state index in [1.54, 1.807) is 12.3 Å². The molecule has 10 nitrogen and oxygen atoms in total. The van der Waals surface area contributed by atoms with Crippen LogP contribution in [-0.2, 0) is 269 Å². The van der Waals surface area contributed by atoms with Gasteiger partial charge in [0.2, 0.25) is 0 Å². The molecule has 12 aromatic carbocycles. The molecule has 0 aliphatic rings. The molecular weight excluding hydrogens is 2710 g/mol. The second-order valence-corrected chi connectivity index (χ2v) is 25.7. The summed E-state index contributed by atoms with van der Waals surface area (Å²) in [6.45, 7) is 8.91. The van der Waals surface area contributed by atoms with Crippen LogP contribution in [0.5, 0.6) is 0 Å². The molecule has 22 rings (SSSR count). The number of imidazole rings is 5. The van der Waals surface area contributed by atoms with Gasteiger partial charge in [-0.05, 0) is 104 Å². The van der Waals surface area contributed by atoms with Crippen LogP contribution in [0.25, 0.3) is 159 Å². The Morgan fingerprint density at radius 2 is 0.600 bits per heavy atom. The van der Waals surface area contributed by atoms with Crippen LogP contribution in [0.1, 0.15) is 50.7 Å². The van der Waals surface area contributed by atoms with Crippen LogP contribution in [-0.4, -0.2) is 46.9 Å². The van der Waals surface area contributed by atoms with Crippen molar-refractivity contribution in [3.63, 3.8) is 0 Å². The number of fused-ring (bicyclic) bond motifs is 34. The van der Waals surface area contributed by atoms with Crippen LogP contribution in [0.15, 0.2) is 280 Å². The van der Waals surface area contributed by atoms with E-state index in [1.807, 2.05) is 114 Å². The number of pyridine rings is 5. The fraction of sp³-hybridized carbons (Fsp3) is 0.0638. The molecule has 0 amide bonds. The Bertz CT molecular complexity index is 6960. The molecule has 0 fully saturated rings. The summed E-state index contributed by atoms with van der Waals surface area (Å²) >= 11 is 0. The molecule has 0 spiro atoms. The molecule has 5 radical (unpaired) electrons. The maximum Gasteiger partial charge on any atom is 2.00 e. The number of hydrogen-bond acceptors (Lipinski definition) is 5. The van der Waals surface area contributed by atoms with Gasteiger partial charge in [-0.25, -0.2) is 0 Å². The standard InChI is InChI=1S/C22H17N2.C19H11N2.C18H15N2.C15H8FN2.C15H9N2.5CH3.5Pt.5Y/c1-14(2)15-11-12-19-21(13-15)24-20-10-6-5-8-17(20)16-7-3-4-9-18(16)22(24)23-19;1-2-9-15-13(7-1)14-8-3-5-11-17(14)21-18-12-6-4-10-16(18)20-19(15)21;1-12(2)13-7-8-17-16(11-13)14-5-3-4-6-15(14)18-19-9-10-20(17)18;16-10-5-6-12-13(9-10)11-3-1-2-4-14(11)18-8-7-17-15(12)18;1-2-7-13-11(5-1)12-6-3-4-8-14(12)17-10-9-16-15(13)17;;;;;;;;;;;;;;;/h3-8,10-14H,1-2H3;1-8,10-12H;3-5,7-12H,1-2H3;1-5,7-9H;1-6,8-10H;5*1H3;;;;;;;;;;/q10*-1;5*+2;;;;;. The van der Waals surface area contributed by atoms with Gasteiger partial charge < -0.3 is 59.1 Å². The van der Waals surface area contributed by atoms with Gasteiger partial charge in [0.1, 0.15) is 0 Å². The summed E-state index contributed by atoms with van der Waals surface area (Å²) in [6.07, 6.45) is 11.4. The molecule has 21 heteroatoms. The quantitative estimate of drug-likeness (QED) is 0.127. The van der Waals surface area contributed by atoms with Crippen LogP contribution in [0.2, 0.25) is 0 Å². The topological polar surface area (TPSA) is 86.5 Å². The van der Waals surface area contributed by atoms with Crippen molar-refractivity contribution in [3.05, 3.63) is 364 Å². The first-order chi connectivity index (χ1) is 49.2. The molecule has 10 aromatic heterocycles. The zero-order chi connectivity index (χ0) is 67.1. The minimum Gasteiger partial charge on any atom is -0.358 e. The van der Waals surface area contributed by atoms with Crippen molar-refractivity contribution in [2.45, 2.75) is 39.5 Å². The Kier molecular flexibility index (Phi) is 42.0. The van der Waals surface area contributed by atoms with Crippen molar-refractivity contribution >= 4 is 159 Å². The predicted octanol–water partition coefficient (Wildman–Crippen LogP) is 24.1. The minimum absolute atomic E-state index is 0. The van der Waals surface area contributed by atoms with Gasteiger partial charge in [-0.2, -0.15) is 0 Å². The Morgan fingerprint density at radius 1 is 0.287 bits per heavy atom. The second-order valence-electron chi connectivity index (χ2n) is 25.7. The molecule has 0 N–H and O–H groups in total. The number of hydrogen-bond donors (Lipinski definition) is 0. The third kappa shape index (κ3) is 19.6. The summed E-state index contributed by atoms with van der Waals surface area (Å²) in [4.78, 5) is 23.0. The Hall–Kier alpha value is -3.90. The molecule has 22 aromatic rings. The fourth-order valence-corrected chi connectivity index (χ4v) is 14.6. The molecule has 10 heterocycles. The summed E-state index contributed by atoms with van der Waals surface area (Å²) < 4.78 is 24.2. The molecule has 0 unspecified atom stereocenters. The second kappa shape index (κ2) is 45.8. The average Bonchev–Trinajstić information content (AvgIpc) is 1.60. The van der Waals surface area contributed by atoms with E-state index in [1.165, 1.54) is 87.9 Å². The maximum absolute atomic E-state index is 13.4. The van der Waals surface area contributed by atoms with Gasteiger partial charge in [0.15, 0.2) is 0 Å². The zero-order valence-electron chi connectivity index (χ0n) is 64.5. The SMILES string of the molecule is CC(C)c1ccc2c(c1)c1ccc[c-]c1c1nccn21.CC(C)c1ccc2nc3c4[c-]cccc4c4ccccc4n3c2c1.Fc1c[c-]c2c(c1)c1ccccc1n1ccnc21.[CH3-].[CH3-].[CH3-].[CH3-].[CH3-].[Pt+2].[Pt+2].[Pt+2].[Pt+2].[Pt+2].[Y].[Y].[Y].[Y].[Y].[c-]1cccc2c1c1nc3ccccc3n1c1ccccc21.[c-]1cccc2c1c1nccn1c1ccccc21. The first-order valence-electron chi connectivity index (χ1n) is 33.6. The van der Waals surface area contributed by atoms with Gasteiger partial charge in [-0.15, -0.1) is 137 Å². The van der Waals surface area contributed by atoms with E-state index in [0.29, 0.717) is 11.8 Å². The predicted molar refractivity (Wildman–Crippen MR) is 440 cm³/mol. The first kappa shape index (κ1) is 105. The maximum atomic E-state index is 13.4. The molecule has 0 aliphatic heterocycles. The summed E-state index contributed by atoms with van der Waals surface area (Å²) in [5, 5.41) is 16.9. The van der Waals surface area contributed by atoms with Gasteiger partial charge in [0.25, 0.3) is 0 Å². The molecule has 0 atom stereocenters. The van der Waals surface area contributed by atoms with Gasteiger partial charge in [-0.3, -0.25) is 29.3 Å². The first-order valence-corrected chi connectivity index (χ1v) is 33.6. The van der Waals surface area contributed by atoms with Gasteiger partial charge in [0, 0.05) is 234 Å². The number of nitrogens with zero attached hydrogens (tertiary/aromatic N) is 10. The summed E-state index contributed by atoms with van der Waals surface area (Å²) in [7, 11) is 0. The molecular formula is C94H75FN10Pt5Y5. The van der Waals surface area contributed by atoms with E-state index in [2.05, 4.69) is 242 Å². The largest absolute Gasteiger partial charge is 2.00 e. The summed E-state index contributed by atoms with van der Waals surface area (Å²) in [6, 6.07) is 98.8. The number of halogens is 1. The van der Waals surface area contributed by atoms with E-state index in [-0.39, 0.29) is 312 Å². The van der Waals surface area contributed by atoms with Crippen LogP contribution in [0, 0.1) is 73.3 Å². The minimum atomic E-state index is -0.274. The van der Waals surface area contributed by atoms with Gasteiger partial charge >= 0.3 is 105 Å². The molecule has 0 aliphatic carbocycles. The molecule has 0 saturated carbocycles. The van der Waals surface area contributed by atoms with E-state index in [9.17, 15) is 4.39 Å². The van der Waals surface area contributed by atoms with Crippen molar-refractivity contribution in [1.29, 1.82) is 0 Å². The molecule has 0 bridgehead atoms. The van der Waals surface area contributed by atoms with Crippen LogP contribution in [0.4, 0.5) is 4.39 Å². The van der Waals surface area contributed by atoms with Crippen molar-refractivity contribution < 1.29 is 273 Å². The summed E-state index contributed by atoms with van der Waals surface area (Å²) in [5.41, 5.74) is 17.6. The third-order valence-electron chi connectivity index (χ3n) is 19.3. The third-order valence-corrected chi connectivity index (χ3v) is 19.3. The van der Waals surface area contributed by atoms with Crippen molar-refractivity contribution in [3.8, 4) is 0 Å². The smallest absolute Gasteiger partial charge is 0.358 e.